The smallest absolute Gasteiger partial charge is 0.260 e. The second-order valence-corrected chi connectivity index (χ2v) is 10.2. The Bertz CT molecular complexity index is 1000. The number of H-pyrrole nitrogens is 1. The van der Waals surface area contributed by atoms with Crippen LogP contribution in [0.1, 0.15) is 18.4 Å². The van der Waals surface area contributed by atoms with Crippen molar-refractivity contribution in [2.75, 3.05) is 44.2 Å². The number of nitrogens with one attached hydrogen (secondary N) is 1. The molecule has 0 saturated carbocycles. The van der Waals surface area contributed by atoms with E-state index in [9.17, 15) is 13.2 Å². The molecule has 2 aliphatic rings. The maximum Gasteiger partial charge on any atom is 0.260 e. The monoisotopic (exact) mass is 451 g/mol. The second kappa shape index (κ2) is 8.56. The topological polar surface area (TPSA) is 89.6 Å². The largest absolute Gasteiger partial charge is 0.368 e. The number of anilines is 1. The molecule has 1 atom stereocenters. The Morgan fingerprint density at radius 1 is 1.20 bits per heavy atom. The van der Waals surface area contributed by atoms with Gasteiger partial charge in [0.15, 0.2) is 5.03 Å². The van der Waals surface area contributed by atoms with E-state index in [1.807, 2.05) is 23.1 Å². The Morgan fingerprint density at radius 2 is 1.97 bits per heavy atom. The van der Waals surface area contributed by atoms with E-state index in [4.69, 9.17) is 11.6 Å². The first-order valence-corrected chi connectivity index (χ1v) is 12.0. The van der Waals surface area contributed by atoms with E-state index >= 15 is 0 Å². The molecule has 2 aliphatic heterocycles. The Hall–Kier alpha value is -2.10. The molecule has 1 amide bonds. The number of sulfonamides is 1. The number of halogens is 1. The van der Waals surface area contributed by atoms with Crippen molar-refractivity contribution in [2.45, 2.75) is 24.8 Å². The lowest BCUT2D eigenvalue weighted by Crippen LogP contribution is -2.53. The van der Waals surface area contributed by atoms with Crippen LogP contribution >= 0.6 is 11.6 Å². The predicted molar refractivity (Wildman–Crippen MR) is 115 cm³/mol. The zero-order valence-electron chi connectivity index (χ0n) is 16.9. The molecule has 0 bridgehead atoms. The van der Waals surface area contributed by atoms with Gasteiger partial charge in [-0.2, -0.15) is 4.31 Å². The highest BCUT2D eigenvalue weighted by Gasteiger charge is 2.36. The van der Waals surface area contributed by atoms with Gasteiger partial charge < -0.3 is 14.8 Å². The van der Waals surface area contributed by atoms with Crippen LogP contribution in [0.25, 0.3) is 0 Å². The summed E-state index contributed by atoms with van der Waals surface area (Å²) in [6.45, 7) is 5.40. The van der Waals surface area contributed by atoms with Crippen LogP contribution in [0, 0.1) is 12.8 Å². The maximum atomic E-state index is 13.1. The molecule has 4 rings (SSSR count). The molecule has 3 heterocycles. The minimum atomic E-state index is -3.65. The number of aryl methyl sites for hydroxylation is 1. The van der Waals surface area contributed by atoms with E-state index in [0.29, 0.717) is 37.5 Å². The highest BCUT2D eigenvalue weighted by Crippen LogP contribution is 2.27. The van der Waals surface area contributed by atoms with Crippen molar-refractivity contribution in [3.8, 4) is 0 Å². The number of piperidine rings is 1. The minimum absolute atomic E-state index is 0.0435. The lowest BCUT2D eigenvalue weighted by molar-refractivity contribution is -0.137. The van der Waals surface area contributed by atoms with Crippen LogP contribution in [0.2, 0.25) is 5.02 Å². The Balaban J connectivity index is 1.39. The number of aromatic nitrogens is 2. The molecule has 1 N–H and O–H groups in total. The molecular weight excluding hydrogens is 426 g/mol. The summed E-state index contributed by atoms with van der Waals surface area (Å²) in [5, 5.41) is 0.774. The van der Waals surface area contributed by atoms with Gasteiger partial charge in [0.2, 0.25) is 5.91 Å². The van der Waals surface area contributed by atoms with Gasteiger partial charge >= 0.3 is 0 Å². The molecule has 10 heteroatoms. The van der Waals surface area contributed by atoms with E-state index in [0.717, 1.165) is 24.3 Å². The van der Waals surface area contributed by atoms with Gasteiger partial charge in [-0.15, -0.1) is 0 Å². The van der Waals surface area contributed by atoms with Gasteiger partial charge in [0.1, 0.15) is 0 Å². The summed E-state index contributed by atoms with van der Waals surface area (Å²) >= 11 is 6.15. The molecule has 1 aromatic heterocycles. The number of rotatable bonds is 4. The number of benzene rings is 1. The number of amides is 1. The predicted octanol–water partition coefficient (Wildman–Crippen LogP) is 2.12. The summed E-state index contributed by atoms with van der Waals surface area (Å²) in [6, 6.07) is 5.85. The number of hydrogen-bond donors (Lipinski definition) is 1. The molecule has 2 fully saturated rings. The van der Waals surface area contributed by atoms with E-state index in [2.05, 4.69) is 21.8 Å². The first-order valence-electron chi connectivity index (χ1n) is 10.1. The fraction of sp³-hybridized carbons (Fsp3) is 0.500. The minimum Gasteiger partial charge on any atom is -0.368 e. The summed E-state index contributed by atoms with van der Waals surface area (Å²) in [5.74, 6) is -0.266. The standard InChI is InChI=1S/C20H26ClN5O3S/c1-15-4-5-17(21)11-18(15)24-7-9-25(10-8-24)20(27)16-3-2-6-26(13-16)30(28,29)19-12-22-14-23-19/h4-5,11-12,14,16H,2-3,6-10,13H2,1H3,(H,22,23)/t16-/m1/s1. The fourth-order valence-corrected chi connectivity index (χ4v) is 5.82. The number of imidazole rings is 1. The molecule has 162 valence electrons. The van der Waals surface area contributed by atoms with Crippen molar-refractivity contribution in [1.29, 1.82) is 0 Å². The normalized spacial score (nSPS) is 21.1. The Labute approximate surface area is 181 Å². The fourth-order valence-electron chi connectivity index (χ4n) is 4.23. The van der Waals surface area contributed by atoms with E-state index in [1.54, 1.807) is 0 Å². The van der Waals surface area contributed by atoms with Crippen molar-refractivity contribution < 1.29 is 13.2 Å². The van der Waals surface area contributed by atoms with Crippen LogP contribution < -0.4 is 4.90 Å². The van der Waals surface area contributed by atoms with Crippen LogP contribution in [0.15, 0.2) is 35.7 Å². The zero-order valence-corrected chi connectivity index (χ0v) is 18.5. The second-order valence-electron chi connectivity index (χ2n) is 7.86. The maximum absolute atomic E-state index is 13.1. The van der Waals surface area contributed by atoms with Crippen LogP contribution in [0.5, 0.6) is 0 Å². The van der Waals surface area contributed by atoms with E-state index in [-0.39, 0.29) is 23.4 Å². The van der Waals surface area contributed by atoms with Gasteiger partial charge in [-0.3, -0.25) is 4.79 Å². The zero-order chi connectivity index (χ0) is 21.3. The van der Waals surface area contributed by atoms with Gasteiger partial charge in [0, 0.05) is 50.0 Å². The molecular formula is C20H26ClN5O3S. The van der Waals surface area contributed by atoms with Crippen LogP contribution in [0.4, 0.5) is 5.69 Å². The molecule has 8 nitrogen and oxygen atoms in total. The molecule has 30 heavy (non-hydrogen) atoms. The average molecular weight is 452 g/mol. The van der Waals surface area contributed by atoms with Gasteiger partial charge in [-0.25, -0.2) is 13.4 Å². The number of hydrogen-bond acceptors (Lipinski definition) is 5. The van der Waals surface area contributed by atoms with Gasteiger partial charge in [-0.1, -0.05) is 17.7 Å². The summed E-state index contributed by atoms with van der Waals surface area (Å²) in [6.07, 6.45) is 4.03. The molecule has 1 aromatic carbocycles. The molecule has 0 radical (unpaired) electrons. The lowest BCUT2D eigenvalue weighted by atomic mass is 9.97. The summed E-state index contributed by atoms with van der Waals surface area (Å²) in [5.41, 5.74) is 2.26. The number of nitrogens with zero attached hydrogens (tertiary/aromatic N) is 4. The summed E-state index contributed by atoms with van der Waals surface area (Å²) in [7, 11) is -3.65. The third kappa shape index (κ3) is 4.19. The van der Waals surface area contributed by atoms with Crippen LogP contribution in [0.3, 0.4) is 0 Å². The van der Waals surface area contributed by atoms with Crippen LogP contribution in [-0.4, -0.2) is 72.8 Å². The Kier molecular flexibility index (Phi) is 6.04. The van der Waals surface area contributed by atoms with Gasteiger partial charge in [0.05, 0.1) is 18.4 Å². The third-order valence-electron chi connectivity index (χ3n) is 5.93. The van der Waals surface area contributed by atoms with Crippen molar-refractivity contribution in [3.05, 3.63) is 41.3 Å². The summed E-state index contributed by atoms with van der Waals surface area (Å²) < 4.78 is 26.9. The van der Waals surface area contributed by atoms with Crippen molar-refractivity contribution >= 4 is 33.2 Å². The average Bonchev–Trinajstić information content (AvgIpc) is 3.31. The molecule has 0 unspecified atom stereocenters. The Morgan fingerprint density at radius 3 is 2.67 bits per heavy atom. The SMILES string of the molecule is Cc1ccc(Cl)cc1N1CCN(C(=O)[C@@H]2CCCN(S(=O)(=O)c3cnc[nH]3)C2)CC1. The third-order valence-corrected chi connectivity index (χ3v) is 7.95. The lowest BCUT2D eigenvalue weighted by Gasteiger charge is -2.39. The summed E-state index contributed by atoms with van der Waals surface area (Å²) in [4.78, 5) is 23.7. The quantitative estimate of drug-likeness (QED) is 0.769. The van der Waals surface area contributed by atoms with E-state index < -0.39 is 10.0 Å². The van der Waals surface area contributed by atoms with Gasteiger partial charge in [0.25, 0.3) is 10.0 Å². The van der Waals surface area contributed by atoms with Crippen LogP contribution in [-0.2, 0) is 14.8 Å². The molecule has 2 saturated heterocycles. The van der Waals surface area contributed by atoms with Crippen molar-refractivity contribution in [1.82, 2.24) is 19.2 Å². The first-order chi connectivity index (χ1) is 14.4. The highest BCUT2D eigenvalue weighted by molar-refractivity contribution is 7.89. The van der Waals surface area contributed by atoms with Crippen molar-refractivity contribution in [2.24, 2.45) is 5.92 Å². The van der Waals surface area contributed by atoms with Gasteiger partial charge in [-0.05, 0) is 37.5 Å². The highest BCUT2D eigenvalue weighted by atomic mass is 35.5. The number of aromatic amines is 1. The molecule has 0 spiro atoms. The van der Waals surface area contributed by atoms with Crippen molar-refractivity contribution in [3.63, 3.8) is 0 Å². The van der Waals surface area contributed by atoms with E-state index in [1.165, 1.54) is 16.8 Å². The number of carbonyl (C=O) groups excluding carboxylic acids is 1. The number of carbonyl (C=O) groups is 1. The first kappa shape index (κ1) is 21.1. The number of piperazine rings is 1. The molecule has 2 aromatic rings. The molecule has 0 aliphatic carbocycles.